The van der Waals surface area contributed by atoms with Crippen LogP contribution in [0.5, 0.6) is 0 Å². The van der Waals surface area contributed by atoms with E-state index in [1.807, 2.05) is 17.2 Å². The number of anilines is 1. The number of rotatable bonds is 7. The fourth-order valence-corrected chi connectivity index (χ4v) is 4.11. The molecule has 2 N–H and O–H groups in total. The topological polar surface area (TPSA) is 144 Å². The number of aromatic nitrogens is 1. The molecule has 2 heterocycles. The number of thiazole rings is 1. The van der Waals surface area contributed by atoms with E-state index in [0.717, 1.165) is 5.69 Å². The van der Waals surface area contributed by atoms with Gasteiger partial charge in [0.15, 0.2) is 6.61 Å². The van der Waals surface area contributed by atoms with Crippen molar-refractivity contribution in [2.24, 2.45) is 5.92 Å². The summed E-state index contributed by atoms with van der Waals surface area (Å²) in [6.07, 6.45) is 0.948. The first kappa shape index (κ1) is 23.1. The summed E-state index contributed by atoms with van der Waals surface area (Å²) in [5.74, 6) is -1.99. The Morgan fingerprint density at radius 2 is 1.91 bits per heavy atom. The Morgan fingerprint density at radius 3 is 2.56 bits per heavy atom. The fourth-order valence-electron chi connectivity index (χ4n) is 3.34. The van der Waals surface area contributed by atoms with Crippen LogP contribution in [0, 0.1) is 23.0 Å². The molecular weight excluding hydrogens is 438 g/mol. The maximum absolute atomic E-state index is 12.3. The zero-order chi connectivity index (χ0) is 23.1. The molecule has 0 saturated carbocycles. The number of para-hydroxylation sites is 2. The molecule has 170 valence electrons. The molecule has 0 unspecified atom stereocenters. The molecule has 1 aliphatic rings. The highest BCUT2D eigenvalue weighted by Gasteiger charge is 2.29. The Labute approximate surface area is 187 Å². The second-order valence-corrected chi connectivity index (χ2v) is 8.21. The van der Waals surface area contributed by atoms with Crippen LogP contribution in [0.4, 0.5) is 11.4 Å². The number of piperidine rings is 1. The maximum Gasteiger partial charge on any atom is 0.309 e. The highest BCUT2D eigenvalue weighted by atomic mass is 32.1. The van der Waals surface area contributed by atoms with Crippen LogP contribution in [0.2, 0.25) is 0 Å². The van der Waals surface area contributed by atoms with E-state index in [9.17, 15) is 24.5 Å². The molecular formula is C20H23N5O6S. The molecule has 0 radical (unpaired) electrons. The number of benzene rings is 1. The Hall–Kier alpha value is -3.54. The number of ether oxygens (including phenoxy) is 1. The smallest absolute Gasteiger partial charge is 0.309 e. The summed E-state index contributed by atoms with van der Waals surface area (Å²) >= 11 is 1.35. The number of nitrogens with one attached hydrogen (secondary N) is 2. The first-order chi connectivity index (χ1) is 15.3. The normalized spacial score (nSPS) is 14.0. The number of esters is 1. The molecule has 0 atom stereocenters. The number of nitrogens with zero attached hydrogens (tertiary/aromatic N) is 3. The third kappa shape index (κ3) is 6.23. The first-order valence-electron chi connectivity index (χ1n) is 9.97. The molecule has 0 bridgehead atoms. The van der Waals surface area contributed by atoms with E-state index >= 15 is 0 Å². The van der Waals surface area contributed by atoms with Crippen LogP contribution >= 0.6 is 11.3 Å². The van der Waals surface area contributed by atoms with Crippen LogP contribution < -0.4 is 15.8 Å². The predicted octanol–water partition coefficient (Wildman–Crippen LogP) is 1.51. The molecule has 1 saturated heterocycles. The summed E-state index contributed by atoms with van der Waals surface area (Å²) in [6.45, 7) is 2.23. The minimum Gasteiger partial charge on any atom is -0.455 e. The molecule has 1 aliphatic heterocycles. The summed E-state index contributed by atoms with van der Waals surface area (Å²) in [4.78, 5) is 52.8. The van der Waals surface area contributed by atoms with Gasteiger partial charge in [0.1, 0.15) is 10.7 Å². The third-order valence-corrected chi connectivity index (χ3v) is 5.88. The van der Waals surface area contributed by atoms with E-state index in [-0.39, 0.29) is 12.1 Å². The first-order valence-corrected chi connectivity index (χ1v) is 10.8. The monoisotopic (exact) mass is 461 g/mol. The lowest BCUT2D eigenvalue weighted by molar-refractivity contribution is -0.384. The standard InChI is InChI=1S/C20H23N5O6S/c1-13-12-32-19(21-13)10-17(26)22-23-18(27)11-31-20(28)14-6-8-24(9-7-14)15-4-2-3-5-16(15)25(29)30/h2-5,12,14H,6-11H2,1H3,(H,22,26)(H,23,27). The van der Waals surface area contributed by atoms with Crippen LogP contribution in [0.25, 0.3) is 0 Å². The summed E-state index contributed by atoms with van der Waals surface area (Å²) in [6, 6.07) is 6.48. The average Bonchev–Trinajstić information content (AvgIpc) is 3.20. The van der Waals surface area contributed by atoms with Crippen molar-refractivity contribution in [3.63, 3.8) is 0 Å². The van der Waals surface area contributed by atoms with Crippen LogP contribution in [0.3, 0.4) is 0 Å². The Bertz CT molecular complexity index is 1000. The zero-order valence-electron chi connectivity index (χ0n) is 17.4. The van der Waals surface area contributed by atoms with E-state index in [1.54, 1.807) is 18.2 Å². The number of hydrogen-bond donors (Lipinski definition) is 2. The van der Waals surface area contributed by atoms with Crippen LogP contribution in [0.15, 0.2) is 29.6 Å². The zero-order valence-corrected chi connectivity index (χ0v) is 18.2. The van der Waals surface area contributed by atoms with E-state index in [2.05, 4.69) is 15.8 Å². The van der Waals surface area contributed by atoms with Gasteiger partial charge in [-0.05, 0) is 25.8 Å². The number of nitro benzene ring substituents is 1. The predicted molar refractivity (Wildman–Crippen MR) is 116 cm³/mol. The second kappa shape index (κ2) is 10.7. The minimum atomic E-state index is -0.653. The van der Waals surface area contributed by atoms with Crippen molar-refractivity contribution in [2.45, 2.75) is 26.2 Å². The summed E-state index contributed by atoms with van der Waals surface area (Å²) in [5, 5.41) is 13.7. The maximum atomic E-state index is 12.3. The van der Waals surface area contributed by atoms with Gasteiger partial charge >= 0.3 is 5.97 Å². The van der Waals surface area contributed by atoms with Crippen molar-refractivity contribution in [1.82, 2.24) is 15.8 Å². The van der Waals surface area contributed by atoms with Crippen molar-refractivity contribution >= 4 is 40.5 Å². The van der Waals surface area contributed by atoms with Gasteiger partial charge in [-0.25, -0.2) is 4.98 Å². The molecule has 0 aliphatic carbocycles. The van der Waals surface area contributed by atoms with Gasteiger partial charge < -0.3 is 9.64 Å². The summed E-state index contributed by atoms with van der Waals surface area (Å²) in [5.41, 5.74) is 5.83. The molecule has 3 rings (SSSR count). The van der Waals surface area contributed by atoms with Gasteiger partial charge in [0.25, 0.3) is 11.6 Å². The van der Waals surface area contributed by atoms with E-state index in [4.69, 9.17) is 4.74 Å². The molecule has 12 heteroatoms. The quantitative estimate of drug-likeness (QED) is 0.359. The van der Waals surface area contributed by atoms with Crippen LogP contribution in [0.1, 0.15) is 23.5 Å². The Balaban J connectivity index is 1.38. The molecule has 1 fully saturated rings. The fraction of sp³-hybridized carbons (Fsp3) is 0.400. The Morgan fingerprint density at radius 1 is 1.22 bits per heavy atom. The number of aryl methyl sites for hydroxylation is 1. The summed E-state index contributed by atoms with van der Waals surface area (Å²) < 4.78 is 5.06. The Kier molecular flexibility index (Phi) is 7.71. The van der Waals surface area contributed by atoms with Gasteiger partial charge in [-0.3, -0.25) is 35.3 Å². The van der Waals surface area contributed by atoms with Crippen molar-refractivity contribution in [3.05, 3.63) is 50.5 Å². The van der Waals surface area contributed by atoms with E-state index < -0.39 is 35.2 Å². The number of carbonyl (C=O) groups excluding carboxylic acids is 3. The molecule has 1 aromatic heterocycles. The van der Waals surface area contributed by atoms with Crippen LogP contribution in [-0.2, 0) is 25.5 Å². The van der Waals surface area contributed by atoms with Gasteiger partial charge in [0.2, 0.25) is 5.91 Å². The van der Waals surface area contributed by atoms with Gasteiger partial charge in [-0.2, -0.15) is 0 Å². The average molecular weight is 462 g/mol. The molecule has 2 amide bonds. The van der Waals surface area contributed by atoms with Gasteiger partial charge in [-0.1, -0.05) is 12.1 Å². The van der Waals surface area contributed by atoms with Crippen molar-refractivity contribution in [3.8, 4) is 0 Å². The molecule has 1 aromatic carbocycles. The van der Waals surface area contributed by atoms with Crippen molar-refractivity contribution < 1.29 is 24.0 Å². The SMILES string of the molecule is Cc1csc(CC(=O)NNC(=O)COC(=O)C2CCN(c3ccccc3[N+](=O)[O-])CC2)n1. The molecule has 0 spiro atoms. The minimum absolute atomic E-state index is 0.0252. The van der Waals surface area contributed by atoms with Gasteiger partial charge in [0.05, 0.1) is 17.3 Å². The summed E-state index contributed by atoms with van der Waals surface area (Å²) in [7, 11) is 0. The number of hydrogen-bond acceptors (Lipinski definition) is 9. The second-order valence-electron chi connectivity index (χ2n) is 7.27. The molecule has 11 nitrogen and oxygen atoms in total. The van der Waals surface area contributed by atoms with Gasteiger partial charge in [-0.15, -0.1) is 11.3 Å². The third-order valence-electron chi connectivity index (χ3n) is 4.91. The van der Waals surface area contributed by atoms with E-state index in [1.165, 1.54) is 17.4 Å². The van der Waals surface area contributed by atoms with Crippen molar-refractivity contribution in [2.75, 3.05) is 24.6 Å². The highest BCUT2D eigenvalue weighted by Crippen LogP contribution is 2.31. The largest absolute Gasteiger partial charge is 0.455 e. The molecule has 32 heavy (non-hydrogen) atoms. The number of amides is 2. The number of carbonyl (C=O) groups is 3. The van der Waals surface area contributed by atoms with Crippen molar-refractivity contribution in [1.29, 1.82) is 0 Å². The lowest BCUT2D eigenvalue weighted by Gasteiger charge is -2.32. The number of nitro groups is 1. The van der Waals surface area contributed by atoms with E-state index in [0.29, 0.717) is 36.6 Å². The highest BCUT2D eigenvalue weighted by molar-refractivity contribution is 7.09. The number of hydrazine groups is 1. The van der Waals surface area contributed by atoms with Gasteiger partial charge in [0, 0.05) is 30.2 Å². The van der Waals surface area contributed by atoms with Crippen LogP contribution in [-0.4, -0.2) is 47.4 Å². The lowest BCUT2D eigenvalue weighted by Crippen LogP contribution is -2.44. The molecule has 2 aromatic rings. The lowest BCUT2D eigenvalue weighted by atomic mass is 9.96.